The molecule has 1 heterocycles. The molecule has 0 amide bonds. The molecule has 0 aliphatic carbocycles. The number of rotatable bonds is 5. The van der Waals surface area contributed by atoms with Crippen LogP contribution in [-0.2, 0) is 6.42 Å². The molecule has 4 heteroatoms. The Kier molecular flexibility index (Phi) is 7.50. The zero-order chi connectivity index (χ0) is 16.1. The van der Waals surface area contributed by atoms with Gasteiger partial charge in [0.2, 0.25) is 0 Å². The monoisotopic (exact) mass is 337 g/mol. The number of allylic oxidation sites excluding steroid dienone is 2. The van der Waals surface area contributed by atoms with E-state index in [9.17, 15) is 10.2 Å². The Morgan fingerprint density at radius 3 is 2.52 bits per heavy atom. The Hall–Kier alpha value is -1.61. The summed E-state index contributed by atoms with van der Waals surface area (Å²) in [5.74, 6) is 0.932. The third kappa shape index (κ3) is 4.93. The molecular weight excluding hydrogens is 310 g/mol. The van der Waals surface area contributed by atoms with Crippen molar-refractivity contribution in [2.45, 2.75) is 39.5 Å². The molecule has 1 aliphatic heterocycles. The minimum absolute atomic E-state index is 0. The van der Waals surface area contributed by atoms with Gasteiger partial charge < -0.3 is 15.1 Å². The smallest absolute Gasteiger partial charge is 0.122 e. The molecule has 1 aromatic rings. The predicted octanol–water partition coefficient (Wildman–Crippen LogP) is 4.64. The Bertz CT molecular complexity index is 560. The molecule has 0 aromatic heterocycles. The van der Waals surface area contributed by atoms with Gasteiger partial charge in [-0.25, -0.2) is 0 Å². The van der Waals surface area contributed by atoms with Crippen molar-refractivity contribution in [1.82, 2.24) is 4.90 Å². The number of aromatic hydroxyl groups is 2. The van der Waals surface area contributed by atoms with Crippen molar-refractivity contribution >= 4 is 12.4 Å². The Balaban J connectivity index is 0.00000264. The van der Waals surface area contributed by atoms with E-state index in [-0.39, 0.29) is 23.9 Å². The van der Waals surface area contributed by atoms with Gasteiger partial charge in [0.1, 0.15) is 11.5 Å². The summed E-state index contributed by atoms with van der Waals surface area (Å²) >= 11 is 0. The van der Waals surface area contributed by atoms with Gasteiger partial charge in [0.05, 0.1) is 0 Å². The number of benzene rings is 1. The van der Waals surface area contributed by atoms with Crippen LogP contribution >= 0.6 is 12.4 Å². The van der Waals surface area contributed by atoms with Crippen LogP contribution < -0.4 is 0 Å². The van der Waals surface area contributed by atoms with E-state index in [0.717, 1.165) is 25.8 Å². The van der Waals surface area contributed by atoms with Gasteiger partial charge in [0.15, 0.2) is 0 Å². The maximum atomic E-state index is 9.82. The van der Waals surface area contributed by atoms with Crippen molar-refractivity contribution in [1.29, 1.82) is 0 Å². The van der Waals surface area contributed by atoms with E-state index in [1.54, 1.807) is 18.2 Å². The molecule has 23 heavy (non-hydrogen) atoms. The van der Waals surface area contributed by atoms with E-state index in [1.165, 1.54) is 11.3 Å². The maximum absolute atomic E-state index is 9.82. The molecule has 0 bridgehead atoms. The number of phenolic OH excluding ortho intramolecular Hbond substituents is 2. The van der Waals surface area contributed by atoms with E-state index >= 15 is 0 Å². The van der Waals surface area contributed by atoms with Crippen molar-refractivity contribution in [3.8, 4) is 11.5 Å². The summed E-state index contributed by atoms with van der Waals surface area (Å²) in [6.45, 7) is 5.43. The summed E-state index contributed by atoms with van der Waals surface area (Å²) in [5, 5.41) is 19.6. The van der Waals surface area contributed by atoms with Gasteiger partial charge in [-0.15, -0.1) is 12.4 Å². The average molecular weight is 338 g/mol. The molecule has 1 atom stereocenters. The second-order valence-corrected chi connectivity index (χ2v) is 6.17. The van der Waals surface area contributed by atoms with Crippen LogP contribution in [0.5, 0.6) is 11.5 Å². The fraction of sp³-hybridized carbons (Fsp3) is 0.474. The zero-order valence-electron chi connectivity index (χ0n) is 14.2. The first-order chi connectivity index (χ1) is 10.5. The lowest BCUT2D eigenvalue weighted by atomic mass is 9.89. The fourth-order valence-electron chi connectivity index (χ4n) is 3.08. The lowest BCUT2D eigenvalue weighted by molar-refractivity contribution is 0.399. The third-order valence-corrected chi connectivity index (χ3v) is 4.63. The molecule has 2 rings (SSSR count). The highest BCUT2D eigenvalue weighted by molar-refractivity contribution is 5.85. The molecule has 2 N–H and O–H groups in total. The summed E-state index contributed by atoms with van der Waals surface area (Å²) in [4.78, 5) is 2.29. The summed E-state index contributed by atoms with van der Waals surface area (Å²) in [6.07, 6.45) is 8.34. The molecule has 1 aliphatic rings. The van der Waals surface area contributed by atoms with Crippen LogP contribution in [-0.4, -0.2) is 28.7 Å². The standard InChI is InChI=1S/C19H27NO2.ClH/c1-4-16-13-15(11-12-20(16)3)14(2)7-5-8-17-18(21)9-6-10-19(17)22;/h4,6,9-10,13-14,21-22H,5,7-8,11-12H2,1-3H3;1H. The van der Waals surface area contributed by atoms with Gasteiger partial charge in [0, 0.05) is 24.9 Å². The van der Waals surface area contributed by atoms with Gasteiger partial charge in [0.25, 0.3) is 0 Å². The van der Waals surface area contributed by atoms with Crippen LogP contribution in [0.2, 0.25) is 0 Å². The van der Waals surface area contributed by atoms with Crippen molar-refractivity contribution in [2.24, 2.45) is 5.92 Å². The fourth-order valence-corrected chi connectivity index (χ4v) is 3.08. The third-order valence-electron chi connectivity index (χ3n) is 4.63. The summed E-state index contributed by atoms with van der Waals surface area (Å²) in [7, 11) is 2.13. The zero-order valence-corrected chi connectivity index (χ0v) is 15.1. The van der Waals surface area contributed by atoms with Gasteiger partial charge in [-0.3, -0.25) is 0 Å². The molecule has 1 aromatic carbocycles. The Morgan fingerprint density at radius 2 is 1.91 bits per heavy atom. The SMILES string of the molecule is CC=C1C=C(C(C)CCCc2c(O)cccc2O)CCN1C.Cl. The molecule has 0 fully saturated rings. The van der Waals surface area contributed by atoms with E-state index in [2.05, 4.69) is 37.9 Å². The van der Waals surface area contributed by atoms with Crippen molar-refractivity contribution in [2.75, 3.05) is 13.6 Å². The van der Waals surface area contributed by atoms with E-state index in [0.29, 0.717) is 17.9 Å². The van der Waals surface area contributed by atoms with Crippen LogP contribution in [0.15, 0.2) is 41.6 Å². The summed E-state index contributed by atoms with van der Waals surface area (Å²) < 4.78 is 0. The van der Waals surface area contributed by atoms with E-state index in [4.69, 9.17) is 0 Å². The highest BCUT2D eigenvalue weighted by Gasteiger charge is 2.16. The normalized spacial score (nSPS) is 17.6. The first-order valence-electron chi connectivity index (χ1n) is 8.10. The largest absolute Gasteiger partial charge is 0.508 e. The summed E-state index contributed by atoms with van der Waals surface area (Å²) in [5.41, 5.74) is 3.47. The lowest BCUT2D eigenvalue weighted by Crippen LogP contribution is -2.24. The minimum Gasteiger partial charge on any atom is -0.508 e. The molecule has 0 radical (unpaired) electrons. The van der Waals surface area contributed by atoms with Gasteiger partial charge in [-0.1, -0.05) is 24.6 Å². The minimum atomic E-state index is 0. The molecule has 128 valence electrons. The van der Waals surface area contributed by atoms with Crippen LogP contribution in [0.4, 0.5) is 0 Å². The number of hydrogen-bond acceptors (Lipinski definition) is 3. The second-order valence-electron chi connectivity index (χ2n) is 6.17. The maximum Gasteiger partial charge on any atom is 0.122 e. The number of halogens is 1. The molecule has 1 unspecified atom stereocenters. The Labute approximate surface area is 145 Å². The molecule has 3 nitrogen and oxygen atoms in total. The van der Waals surface area contributed by atoms with Gasteiger partial charge >= 0.3 is 0 Å². The van der Waals surface area contributed by atoms with Crippen LogP contribution in [0.3, 0.4) is 0 Å². The predicted molar refractivity (Wildman–Crippen MR) is 98.2 cm³/mol. The van der Waals surface area contributed by atoms with Gasteiger partial charge in [-0.05, 0) is 56.7 Å². The highest BCUT2D eigenvalue weighted by atomic mass is 35.5. The molecule has 0 spiro atoms. The van der Waals surface area contributed by atoms with Crippen molar-refractivity contribution in [3.05, 3.63) is 47.2 Å². The Morgan fingerprint density at radius 1 is 1.26 bits per heavy atom. The van der Waals surface area contributed by atoms with E-state index < -0.39 is 0 Å². The topological polar surface area (TPSA) is 43.7 Å². The highest BCUT2D eigenvalue weighted by Crippen LogP contribution is 2.30. The van der Waals surface area contributed by atoms with Gasteiger partial charge in [-0.2, -0.15) is 0 Å². The van der Waals surface area contributed by atoms with Crippen LogP contribution in [0, 0.1) is 5.92 Å². The molecule has 0 saturated heterocycles. The lowest BCUT2D eigenvalue weighted by Gasteiger charge is -2.29. The number of phenols is 2. The van der Waals surface area contributed by atoms with E-state index in [1.807, 2.05) is 0 Å². The second kappa shape index (κ2) is 8.88. The first-order valence-corrected chi connectivity index (χ1v) is 8.10. The van der Waals surface area contributed by atoms with Crippen LogP contribution in [0.25, 0.3) is 0 Å². The summed E-state index contributed by atoms with van der Waals surface area (Å²) in [6, 6.07) is 4.94. The number of likely N-dealkylation sites (N-methyl/N-ethyl adjacent to an activating group) is 1. The first kappa shape index (κ1) is 19.4. The molecular formula is C19H28ClNO2. The number of nitrogens with zero attached hydrogens (tertiary/aromatic N) is 1. The van der Waals surface area contributed by atoms with Crippen molar-refractivity contribution in [3.63, 3.8) is 0 Å². The van der Waals surface area contributed by atoms with Crippen molar-refractivity contribution < 1.29 is 10.2 Å². The number of hydrogen-bond donors (Lipinski definition) is 2. The quantitative estimate of drug-likeness (QED) is 0.822. The average Bonchev–Trinajstić information content (AvgIpc) is 2.50. The van der Waals surface area contributed by atoms with Crippen LogP contribution in [0.1, 0.15) is 38.7 Å². The molecule has 0 saturated carbocycles.